The number of H-pyrrole nitrogens is 1. The average molecular weight is 614 g/mol. The summed E-state index contributed by atoms with van der Waals surface area (Å²) in [5, 5.41) is 22.0. The summed E-state index contributed by atoms with van der Waals surface area (Å²) in [5.74, 6) is -3.74. The van der Waals surface area contributed by atoms with Crippen LogP contribution in [0.15, 0.2) is 43.0 Å². The lowest BCUT2D eigenvalue weighted by Gasteiger charge is -2.58. The van der Waals surface area contributed by atoms with Crippen molar-refractivity contribution in [2.75, 3.05) is 13.1 Å². The maximum absolute atomic E-state index is 14.4. The van der Waals surface area contributed by atoms with E-state index in [0.717, 1.165) is 75.6 Å². The van der Waals surface area contributed by atoms with Gasteiger partial charge in [0.05, 0.1) is 41.7 Å². The van der Waals surface area contributed by atoms with E-state index in [1.54, 1.807) is 0 Å². The Balaban J connectivity index is 1.09. The van der Waals surface area contributed by atoms with E-state index >= 15 is 0 Å². The lowest BCUT2D eigenvalue weighted by atomic mass is 9.53. The Hall–Kier alpha value is -3.67. The quantitative estimate of drug-likeness (QED) is 0.263. The topological polar surface area (TPSA) is 97.0 Å². The Bertz CT molecular complexity index is 1960. The summed E-state index contributed by atoms with van der Waals surface area (Å²) in [5.41, 5.74) is 8.03. The summed E-state index contributed by atoms with van der Waals surface area (Å²) < 4.78 is 39.3. The van der Waals surface area contributed by atoms with Gasteiger partial charge in [0, 0.05) is 79.0 Å². The molecule has 1 aromatic carbocycles. The number of aromatic nitrogens is 6. The fourth-order valence-corrected chi connectivity index (χ4v) is 9.12. The molecule has 2 spiro atoms. The minimum absolute atomic E-state index is 0.0723. The van der Waals surface area contributed by atoms with Crippen LogP contribution in [0.1, 0.15) is 56.1 Å². The number of aliphatic hydroxyl groups excluding tert-OH is 1. The molecule has 1 unspecified atom stereocenters. The fraction of sp³-hybridized carbons (Fsp3) is 0.500. The van der Waals surface area contributed by atoms with Crippen LogP contribution in [0.2, 0.25) is 0 Å². The normalized spacial score (nSPS) is 24.2. The number of piperidine rings is 1. The third-order valence-electron chi connectivity index (χ3n) is 11.4. The van der Waals surface area contributed by atoms with Crippen molar-refractivity contribution in [2.24, 2.45) is 25.4 Å². The number of hydrogen-bond acceptors (Lipinski definition) is 6. The maximum atomic E-state index is 14.4. The molecule has 2 saturated carbocycles. The Kier molecular flexibility index (Phi) is 5.79. The van der Waals surface area contributed by atoms with Gasteiger partial charge >= 0.3 is 0 Å². The molecule has 6 heterocycles. The lowest BCUT2D eigenvalue weighted by Crippen LogP contribution is -2.57. The molecule has 3 fully saturated rings. The van der Waals surface area contributed by atoms with Crippen molar-refractivity contribution in [3.8, 4) is 22.4 Å². The van der Waals surface area contributed by atoms with Crippen LogP contribution in [0.3, 0.4) is 0 Å². The first-order chi connectivity index (χ1) is 21.7. The lowest BCUT2D eigenvalue weighted by molar-refractivity contribution is -0.197. The summed E-state index contributed by atoms with van der Waals surface area (Å²) in [6.07, 6.45) is 10.9. The van der Waals surface area contributed by atoms with E-state index in [2.05, 4.69) is 33.4 Å². The van der Waals surface area contributed by atoms with Crippen molar-refractivity contribution in [1.29, 1.82) is 0 Å². The van der Waals surface area contributed by atoms with E-state index in [9.17, 15) is 13.9 Å². The SMILES string of the molecule is Cn1cc(-c2[nH]c3ncc4c(c3c2-c2ccc3c(cnn3C)c2)C2(CC3(CCN(C(O)[C@H]5CCCC5(F)F)CC3)C2)OC4)cn1. The number of aliphatic hydroxyl groups is 1. The fourth-order valence-electron chi connectivity index (χ4n) is 9.12. The van der Waals surface area contributed by atoms with E-state index < -0.39 is 23.7 Å². The van der Waals surface area contributed by atoms with Gasteiger partial charge < -0.3 is 14.8 Å². The molecule has 1 saturated heterocycles. The number of aromatic amines is 1. The number of nitrogens with zero attached hydrogens (tertiary/aromatic N) is 6. The molecule has 2 aliphatic carbocycles. The molecule has 234 valence electrons. The molecule has 2 atom stereocenters. The summed E-state index contributed by atoms with van der Waals surface area (Å²) in [6.45, 7) is 1.78. The van der Waals surface area contributed by atoms with Gasteiger partial charge in [0.25, 0.3) is 5.92 Å². The van der Waals surface area contributed by atoms with Crippen LogP contribution >= 0.6 is 0 Å². The number of nitrogens with one attached hydrogen (secondary N) is 1. The van der Waals surface area contributed by atoms with E-state index in [1.165, 1.54) is 5.56 Å². The van der Waals surface area contributed by atoms with Gasteiger partial charge in [-0.1, -0.05) is 6.07 Å². The Morgan fingerprint density at radius 1 is 1.04 bits per heavy atom. The van der Waals surface area contributed by atoms with Gasteiger partial charge in [0.15, 0.2) is 0 Å². The number of halogens is 2. The van der Waals surface area contributed by atoms with Crippen molar-refractivity contribution in [3.63, 3.8) is 0 Å². The van der Waals surface area contributed by atoms with Crippen LogP contribution in [0.4, 0.5) is 8.78 Å². The van der Waals surface area contributed by atoms with Crippen LogP contribution in [0.25, 0.3) is 44.3 Å². The zero-order chi connectivity index (χ0) is 30.7. The number of pyridine rings is 1. The van der Waals surface area contributed by atoms with Crippen LogP contribution < -0.4 is 0 Å². The van der Waals surface area contributed by atoms with E-state index in [-0.39, 0.29) is 11.8 Å². The molecular formula is C34H37F2N7O2. The number of alkyl halides is 2. The highest BCUT2D eigenvalue weighted by molar-refractivity contribution is 6.06. The molecule has 5 aromatic rings. The molecule has 0 bridgehead atoms. The van der Waals surface area contributed by atoms with Crippen molar-refractivity contribution in [1.82, 2.24) is 34.4 Å². The minimum Gasteiger partial charge on any atom is -0.378 e. The number of aryl methyl sites for hydroxylation is 2. The van der Waals surface area contributed by atoms with Gasteiger partial charge in [-0.3, -0.25) is 14.3 Å². The minimum atomic E-state index is -2.78. The number of likely N-dealkylation sites (tertiary alicyclic amines) is 1. The van der Waals surface area contributed by atoms with Gasteiger partial charge in [-0.15, -0.1) is 0 Å². The molecule has 2 aliphatic heterocycles. The summed E-state index contributed by atoms with van der Waals surface area (Å²) in [4.78, 5) is 10.4. The van der Waals surface area contributed by atoms with Crippen molar-refractivity contribution >= 4 is 21.9 Å². The van der Waals surface area contributed by atoms with Crippen molar-refractivity contribution in [3.05, 3.63) is 54.1 Å². The number of benzene rings is 1. The summed E-state index contributed by atoms with van der Waals surface area (Å²) in [7, 11) is 3.87. The first kappa shape index (κ1) is 27.6. The Labute approximate surface area is 259 Å². The summed E-state index contributed by atoms with van der Waals surface area (Å²) >= 11 is 0. The Morgan fingerprint density at radius 2 is 1.87 bits per heavy atom. The van der Waals surface area contributed by atoms with E-state index in [4.69, 9.17) is 9.72 Å². The third kappa shape index (κ3) is 4.03. The van der Waals surface area contributed by atoms with Gasteiger partial charge in [-0.05, 0) is 61.6 Å². The van der Waals surface area contributed by atoms with Crippen LogP contribution in [0, 0.1) is 11.3 Å². The molecule has 0 amide bonds. The smallest absolute Gasteiger partial charge is 0.254 e. The molecule has 2 N–H and O–H groups in total. The van der Waals surface area contributed by atoms with E-state index in [1.807, 2.05) is 53.1 Å². The largest absolute Gasteiger partial charge is 0.378 e. The van der Waals surface area contributed by atoms with Crippen LogP contribution in [0.5, 0.6) is 0 Å². The molecule has 9 rings (SSSR count). The number of ether oxygens (including phenoxy) is 1. The van der Waals surface area contributed by atoms with Gasteiger partial charge in [-0.25, -0.2) is 13.8 Å². The highest BCUT2D eigenvalue weighted by atomic mass is 19.3. The standard InChI is InChI=1S/C34H37F2N7O2/c1-41-16-22(15-38-41)29-26(20-5-6-25-21(12-20)14-39-42(25)2)27-28-23(13-37-30(27)40-29)17-45-33(28)18-32(19-33)8-10-43(11-9-32)31(44)24-4-3-7-34(24,35)36/h5-6,12-16,24,31,44H,3-4,7-11,17-19H2,1-2H3,(H,37,40)/t24-,31?/m1/s1. The van der Waals surface area contributed by atoms with E-state index in [0.29, 0.717) is 32.5 Å². The number of rotatable bonds is 4. The Morgan fingerprint density at radius 3 is 2.60 bits per heavy atom. The molecule has 11 heteroatoms. The molecule has 9 nitrogen and oxygen atoms in total. The van der Waals surface area contributed by atoms with Crippen LogP contribution in [-0.4, -0.2) is 64.8 Å². The molecule has 0 radical (unpaired) electrons. The zero-order valence-corrected chi connectivity index (χ0v) is 25.6. The number of fused-ring (bicyclic) bond motifs is 5. The second-order valence-corrected chi connectivity index (χ2v) is 14.0. The predicted molar refractivity (Wildman–Crippen MR) is 165 cm³/mol. The predicted octanol–water partition coefficient (Wildman–Crippen LogP) is 5.87. The van der Waals surface area contributed by atoms with Crippen molar-refractivity contribution in [2.45, 2.75) is 69.3 Å². The average Bonchev–Trinajstić information content (AvgIpc) is 3.83. The maximum Gasteiger partial charge on any atom is 0.254 e. The zero-order valence-electron chi connectivity index (χ0n) is 25.6. The molecular weight excluding hydrogens is 576 g/mol. The summed E-state index contributed by atoms with van der Waals surface area (Å²) in [6, 6.07) is 6.48. The monoisotopic (exact) mass is 613 g/mol. The third-order valence-corrected chi connectivity index (χ3v) is 11.4. The van der Waals surface area contributed by atoms with Gasteiger partial charge in [0.2, 0.25) is 0 Å². The van der Waals surface area contributed by atoms with Gasteiger partial charge in [-0.2, -0.15) is 10.2 Å². The van der Waals surface area contributed by atoms with Crippen LogP contribution in [-0.2, 0) is 31.0 Å². The van der Waals surface area contributed by atoms with Gasteiger partial charge in [0.1, 0.15) is 11.9 Å². The highest BCUT2D eigenvalue weighted by Gasteiger charge is 2.61. The second kappa shape index (κ2) is 9.43. The first-order valence-corrected chi connectivity index (χ1v) is 16.0. The van der Waals surface area contributed by atoms with Crippen molar-refractivity contribution < 1.29 is 18.6 Å². The first-order valence-electron chi connectivity index (χ1n) is 16.0. The second-order valence-electron chi connectivity index (χ2n) is 14.0. The highest BCUT2D eigenvalue weighted by Crippen LogP contribution is 2.65. The molecule has 45 heavy (non-hydrogen) atoms. The number of hydrogen-bond donors (Lipinski definition) is 2. The molecule has 4 aromatic heterocycles. The molecule has 4 aliphatic rings.